The van der Waals surface area contributed by atoms with E-state index in [4.69, 9.17) is 0 Å². The number of nitrogens with one attached hydrogen (secondary N) is 2. The highest BCUT2D eigenvalue weighted by Crippen LogP contribution is 2.25. The van der Waals surface area contributed by atoms with Gasteiger partial charge < -0.3 is 10.6 Å². The fourth-order valence-corrected chi connectivity index (χ4v) is 3.69. The van der Waals surface area contributed by atoms with Gasteiger partial charge in [0.2, 0.25) is 5.91 Å². The summed E-state index contributed by atoms with van der Waals surface area (Å²) in [6.45, 7) is 13.7. The molecule has 1 fully saturated rings. The molecule has 6 heteroatoms. The quantitative estimate of drug-likeness (QED) is 0.775. The molecule has 0 saturated carbocycles. The zero-order valence-electron chi connectivity index (χ0n) is 17.0. The van der Waals surface area contributed by atoms with Gasteiger partial charge in [0.25, 0.3) is 0 Å². The number of carbonyl (C=O) groups is 1. The number of fused-ring (bicyclic) bond motifs is 1. The standard InChI is InChI=1S/C21H33N3O.2ClH/c1-15(18-11-22-12-18)20(25)23-19(21(2,3)4)14-24-10-9-16-7-5-6-8-17(16)13-24;;/h5-8,15,18-19,22H,9-14H2,1-4H3,(H,23,25);2*1H. The molecule has 0 bridgehead atoms. The number of amides is 1. The first-order chi connectivity index (χ1) is 11.8. The number of halogens is 2. The summed E-state index contributed by atoms with van der Waals surface area (Å²) in [5.41, 5.74) is 2.95. The molecule has 0 spiro atoms. The van der Waals surface area contributed by atoms with Gasteiger partial charge in [0.1, 0.15) is 0 Å². The minimum Gasteiger partial charge on any atom is -0.351 e. The van der Waals surface area contributed by atoms with Gasteiger partial charge in [0.15, 0.2) is 0 Å². The summed E-state index contributed by atoms with van der Waals surface area (Å²) in [4.78, 5) is 15.2. The van der Waals surface area contributed by atoms with Crippen LogP contribution in [0.5, 0.6) is 0 Å². The van der Waals surface area contributed by atoms with Crippen molar-refractivity contribution in [2.24, 2.45) is 17.3 Å². The van der Waals surface area contributed by atoms with E-state index in [0.29, 0.717) is 5.92 Å². The minimum atomic E-state index is 0. The third-order valence-electron chi connectivity index (χ3n) is 5.95. The molecule has 2 heterocycles. The van der Waals surface area contributed by atoms with Crippen LogP contribution in [0.1, 0.15) is 38.8 Å². The summed E-state index contributed by atoms with van der Waals surface area (Å²) in [6.07, 6.45) is 1.10. The van der Waals surface area contributed by atoms with Crippen LogP contribution in [-0.2, 0) is 17.8 Å². The molecule has 27 heavy (non-hydrogen) atoms. The van der Waals surface area contributed by atoms with Crippen LogP contribution in [0.4, 0.5) is 0 Å². The first-order valence-electron chi connectivity index (χ1n) is 9.65. The second-order valence-corrected chi connectivity index (χ2v) is 8.89. The predicted molar refractivity (Wildman–Crippen MR) is 117 cm³/mol. The monoisotopic (exact) mass is 415 g/mol. The lowest BCUT2D eigenvalue weighted by atomic mass is 9.84. The van der Waals surface area contributed by atoms with Crippen molar-refractivity contribution in [2.75, 3.05) is 26.2 Å². The molecule has 154 valence electrons. The van der Waals surface area contributed by atoms with Gasteiger partial charge in [0.05, 0.1) is 0 Å². The molecule has 2 aliphatic heterocycles. The lowest BCUT2D eigenvalue weighted by Gasteiger charge is -2.39. The van der Waals surface area contributed by atoms with E-state index in [0.717, 1.165) is 39.1 Å². The lowest BCUT2D eigenvalue weighted by molar-refractivity contribution is -0.128. The number of benzene rings is 1. The lowest BCUT2D eigenvalue weighted by Crippen LogP contribution is -2.55. The molecular weight excluding hydrogens is 381 g/mol. The van der Waals surface area contributed by atoms with Crippen molar-refractivity contribution in [3.63, 3.8) is 0 Å². The van der Waals surface area contributed by atoms with Crippen molar-refractivity contribution in [3.05, 3.63) is 35.4 Å². The van der Waals surface area contributed by atoms with Crippen LogP contribution in [0.15, 0.2) is 24.3 Å². The normalized spacial score (nSPS) is 19.6. The largest absolute Gasteiger partial charge is 0.351 e. The highest BCUT2D eigenvalue weighted by Gasteiger charge is 2.34. The molecule has 2 aliphatic rings. The number of hydrogen-bond acceptors (Lipinski definition) is 3. The highest BCUT2D eigenvalue weighted by molar-refractivity contribution is 5.85. The van der Waals surface area contributed by atoms with Crippen LogP contribution in [0.25, 0.3) is 0 Å². The molecule has 3 rings (SSSR count). The van der Waals surface area contributed by atoms with Gasteiger partial charge >= 0.3 is 0 Å². The Morgan fingerprint density at radius 3 is 2.41 bits per heavy atom. The first-order valence-corrected chi connectivity index (χ1v) is 9.65. The van der Waals surface area contributed by atoms with Gasteiger partial charge in [0, 0.05) is 31.6 Å². The Kier molecular flexibility index (Phi) is 9.07. The van der Waals surface area contributed by atoms with Crippen molar-refractivity contribution >= 4 is 30.7 Å². The van der Waals surface area contributed by atoms with Crippen molar-refractivity contribution in [1.29, 1.82) is 0 Å². The Morgan fingerprint density at radius 2 is 1.85 bits per heavy atom. The van der Waals surface area contributed by atoms with Gasteiger partial charge in [-0.2, -0.15) is 0 Å². The summed E-state index contributed by atoms with van der Waals surface area (Å²) in [5.74, 6) is 0.791. The number of hydrogen-bond donors (Lipinski definition) is 2. The Balaban J connectivity index is 0.00000182. The molecule has 2 N–H and O–H groups in total. The number of rotatable bonds is 5. The maximum atomic E-state index is 12.7. The molecule has 4 nitrogen and oxygen atoms in total. The molecule has 1 saturated heterocycles. The Labute approximate surface area is 176 Å². The summed E-state index contributed by atoms with van der Waals surface area (Å²) in [5, 5.41) is 6.64. The van der Waals surface area contributed by atoms with E-state index in [1.54, 1.807) is 0 Å². The van der Waals surface area contributed by atoms with Crippen molar-refractivity contribution < 1.29 is 4.79 Å². The molecular formula is C21H35Cl2N3O. The highest BCUT2D eigenvalue weighted by atomic mass is 35.5. The van der Waals surface area contributed by atoms with E-state index >= 15 is 0 Å². The molecule has 1 aromatic rings. The van der Waals surface area contributed by atoms with E-state index in [2.05, 4.69) is 67.5 Å². The molecule has 2 atom stereocenters. The fraction of sp³-hybridized carbons (Fsp3) is 0.667. The molecule has 0 aromatic heterocycles. The van der Waals surface area contributed by atoms with Crippen LogP contribution in [0.3, 0.4) is 0 Å². The second-order valence-electron chi connectivity index (χ2n) is 8.89. The first kappa shape index (κ1) is 24.2. The SMILES string of the molecule is CC(C(=O)NC(CN1CCc2ccccc2C1)C(C)(C)C)C1CNC1.Cl.Cl. The maximum absolute atomic E-state index is 12.7. The fourth-order valence-electron chi connectivity index (χ4n) is 3.69. The Morgan fingerprint density at radius 1 is 1.22 bits per heavy atom. The minimum absolute atomic E-state index is 0. The van der Waals surface area contributed by atoms with E-state index in [1.807, 2.05) is 0 Å². The van der Waals surface area contributed by atoms with Crippen LogP contribution < -0.4 is 10.6 Å². The van der Waals surface area contributed by atoms with Gasteiger partial charge in [-0.05, 0) is 42.0 Å². The predicted octanol–water partition coefficient (Wildman–Crippen LogP) is 3.27. The third kappa shape index (κ3) is 6.08. The van der Waals surface area contributed by atoms with Crippen molar-refractivity contribution in [1.82, 2.24) is 15.5 Å². The van der Waals surface area contributed by atoms with Crippen LogP contribution in [0, 0.1) is 17.3 Å². The van der Waals surface area contributed by atoms with Gasteiger partial charge in [-0.25, -0.2) is 0 Å². The van der Waals surface area contributed by atoms with Gasteiger partial charge in [-0.3, -0.25) is 9.69 Å². The average Bonchev–Trinajstić information content (AvgIpc) is 2.51. The summed E-state index contributed by atoms with van der Waals surface area (Å²) in [7, 11) is 0. The summed E-state index contributed by atoms with van der Waals surface area (Å²) >= 11 is 0. The molecule has 0 radical (unpaired) electrons. The molecule has 0 aliphatic carbocycles. The van der Waals surface area contributed by atoms with Gasteiger partial charge in [-0.1, -0.05) is 52.0 Å². The maximum Gasteiger partial charge on any atom is 0.223 e. The van der Waals surface area contributed by atoms with Gasteiger partial charge in [-0.15, -0.1) is 24.8 Å². The zero-order chi connectivity index (χ0) is 18.0. The Bertz CT molecular complexity index is 614. The molecule has 1 aromatic carbocycles. The Hall–Kier alpha value is -0.810. The molecule has 2 unspecified atom stereocenters. The smallest absolute Gasteiger partial charge is 0.223 e. The van der Waals surface area contributed by atoms with E-state index in [-0.39, 0.29) is 48.1 Å². The second kappa shape index (κ2) is 10.1. The average molecular weight is 416 g/mol. The van der Waals surface area contributed by atoms with Crippen LogP contribution in [-0.4, -0.2) is 43.0 Å². The summed E-state index contributed by atoms with van der Waals surface area (Å²) < 4.78 is 0. The number of nitrogens with zero attached hydrogens (tertiary/aromatic N) is 1. The third-order valence-corrected chi connectivity index (χ3v) is 5.95. The van der Waals surface area contributed by atoms with Crippen molar-refractivity contribution in [2.45, 2.75) is 46.7 Å². The van der Waals surface area contributed by atoms with E-state index in [9.17, 15) is 4.79 Å². The zero-order valence-corrected chi connectivity index (χ0v) is 18.6. The van der Waals surface area contributed by atoms with E-state index < -0.39 is 0 Å². The van der Waals surface area contributed by atoms with E-state index in [1.165, 1.54) is 11.1 Å². The van der Waals surface area contributed by atoms with Crippen molar-refractivity contribution in [3.8, 4) is 0 Å². The topological polar surface area (TPSA) is 44.4 Å². The van der Waals surface area contributed by atoms with Crippen LogP contribution >= 0.6 is 24.8 Å². The molecule has 1 amide bonds. The van der Waals surface area contributed by atoms with Crippen LogP contribution in [0.2, 0.25) is 0 Å². The summed E-state index contributed by atoms with van der Waals surface area (Å²) in [6, 6.07) is 8.89. The number of carbonyl (C=O) groups excluding carboxylic acids is 1.